The van der Waals surface area contributed by atoms with Crippen LogP contribution in [0.1, 0.15) is 19.4 Å². The number of carbonyl (C=O) groups is 1. The maximum absolute atomic E-state index is 11.0. The molecular formula is C12H13NO2. The monoisotopic (exact) mass is 203 g/mol. The highest BCUT2D eigenvalue weighted by molar-refractivity contribution is 5.99. The molecule has 15 heavy (non-hydrogen) atoms. The Balaban J connectivity index is 2.69. The van der Waals surface area contributed by atoms with Crippen molar-refractivity contribution in [2.24, 2.45) is 5.16 Å². The van der Waals surface area contributed by atoms with Gasteiger partial charge in [0.05, 0.1) is 5.71 Å². The third kappa shape index (κ3) is 3.38. The molecular weight excluding hydrogens is 190 g/mol. The van der Waals surface area contributed by atoms with Crippen LogP contribution in [0.25, 0.3) is 0 Å². The van der Waals surface area contributed by atoms with Crippen molar-refractivity contribution >= 4 is 11.7 Å². The molecule has 3 nitrogen and oxygen atoms in total. The number of benzene rings is 1. The summed E-state index contributed by atoms with van der Waals surface area (Å²) in [7, 11) is 0. The van der Waals surface area contributed by atoms with Crippen LogP contribution in [0.4, 0.5) is 0 Å². The zero-order valence-electron chi connectivity index (χ0n) is 8.86. The van der Waals surface area contributed by atoms with Crippen LogP contribution in [0.2, 0.25) is 0 Å². The molecule has 0 aliphatic rings. The molecule has 3 heteroatoms. The van der Waals surface area contributed by atoms with Crippen molar-refractivity contribution in [1.29, 1.82) is 0 Å². The number of nitrogens with zero attached hydrogens (tertiary/aromatic N) is 1. The van der Waals surface area contributed by atoms with Gasteiger partial charge in [0.15, 0.2) is 0 Å². The van der Waals surface area contributed by atoms with E-state index in [4.69, 9.17) is 0 Å². The van der Waals surface area contributed by atoms with E-state index in [1.807, 2.05) is 30.3 Å². The van der Waals surface area contributed by atoms with E-state index in [-0.39, 0.29) is 0 Å². The van der Waals surface area contributed by atoms with Gasteiger partial charge in [0.2, 0.25) is 0 Å². The molecule has 0 spiro atoms. The van der Waals surface area contributed by atoms with Crippen molar-refractivity contribution in [2.75, 3.05) is 0 Å². The van der Waals surface area contributed by atoms with Crippen LogP contribution in [0.15, 0.2) is 47.6 Å². The van der Waals surface area contributed by atoms with E-state index in [2.05, 4.69) is 16.6 Å². The van der Waals surface area contributed by atoms with Crippen molar-refractivity contribution in [2.45, 2.75) is 13.8 Å². The van der Waals surface area contributed by atoms with Crippen LogP contribution >= 0.6 is 0 Å². The van der Waals surface area contributed by atoms with Crippen molar-refractivity contribution in [3.8, 4) is 0 Å². The highest BCUT2D eigenvalue weighted by atomic mass is 16.7. The average molecular weight is 203 g/mol. The van der Waals surface area contributed by atoms with Crippen LogP contribution in [-0.2, 0) is 9.63 Å². The van der Waals surface area contributed by atoms with Crippen LogP contribution in [-0.4, -0.2) is 11.7 Å². The van der Waals surface area contributed by atoms with Gasteiger partial charge >= 0.3 is 5.97 Å². The highest BCUT2D eigenvalue weighted by Gasteiger charge is 2.03. The standard InChI is InChI=1S/C12H13NO2/c1-9(2)12(14)15-13-10(3)11-7-5-4-6-8-11/h4-8H,1H2,2-3H3. The van der Waals surface area contributed by atoms with E-state index in [0.717, 1.165) is 5.56 Å². The lowest BCUT2D eigenvalue weighted by atomic mass is 10.1. The van der Waals surface area contributed by atoms with Gasteiger partial charge in [0.1, 0.15) is 0 Å². The van der Waals surface area contributed by atoms with Gasteiger partial charge < -0.3 is 4.84 Å². The lowest BCUT2D eigenvalue weighted by Gasteiger charge is -2.00. The SMILES string of the molecule is C=C(C)C(=O)ON=C(C)c1ccccc1. The lowest BCUT2D eigenvalue weighted by molar-refractivity contribution is -0.138. The summed E-state index contributed by atoms with van der Waals surface area (Å²) in [6, 6.07) is 9.50. The van der Waals surface area contributed by atoms with Gasteiger partial charge in [-0.1, -0.05) is 42.1 Å². The Morgan fingerprint density at radius 1 is 1.27 bits per heavy atom. The van der Waals surface area contributed by atoms with Crippen molar-refractivity contribution in [3.05, 3.63) is 48.0 Å². The Labute approximate surface area is 89.1 Å². The summed E-state index contributed by atoms with van der Waals surface area (Å²) < 4.78 is 0. The van der Waals surface area contributed by atoms with E-state index in [1.54, 1.807) is 13.8 Å². The zero-order chi connectivity index (χ0) is 11.3. The van der Waals surface area contributed by atoms with Gasteiger partial charge in [-0.05, 0) is 19.4 Å². The summed E-state index contributed by atoms with van der Waals surface area (Å²) >= 11 is 0. The summed E-state index contributed by atoms with van der Waals surface area (Å²) in [4.78, 5) is 15.7. The van der Waals surface area contributed by atoms with Crippen LogP contribution < -0.4 is 0 Å². The molecule has 0 radical (unpaired) electrons. The predicted molar refractivity (Wildman–Crippen MR) is 59.6 cm³/mol. The second-order valence-corrected chi connectivity index (χ2v) is 3.20. The molecule has 0 saturated heterocycles. The lowest BCUT2D eigenvalue weighted by Crippen LogP contribution is -2.03. The quantitative estimate of drug-likeness (QED) is 0.328. The Hall–Kier alpha value is -1.90. The molecule has 0 bridgehead atoms. The first-order valence-electron chi connectivity index (χ1n) is 4.58. The summed E-state index contributed by atoms with van der Waals surface area (Å²) in [6.45, 7) is 6.82. The van der Waals surface area contributed by atoms with Crippen LogP contribution in [0.3, 0.4) is 0 Å². The summed E-state index contributed by atoms with van der Waals surface area (Å²) in [5.41, 5.74) is 1.91. The normalized spacial score (nSPS) is 10.9. The van der Waals surface area contributed by atoms with Crippen molar-refractivity contribution < 1.29 is 9.63 Å². The molecule has 0 N–H and O–H groups in total. The topological polar surface area (TPSA) is 38.7 Å². The molecule has 0 aliphatic heterocycles. The third-order valence-corrected chi connectivity index (χ3v) is 1.81. The first kappa shape index (κ1) is 11.2. The molecule has 0 saturated carbocycles. The minimum Gasteiger partial charge on any atom is -0.313 e. The molecule has 78 valence electrons. The molecule has 1 aromatic rings. The number of oxime groups is 1. The van der Waals surface area contributed by atoms with Crippen LogP contribution in [0.5, 0.6) is 0 Å². The smallest absolute Gasteiger partial charge is 0.313 e. The Kier molecular flexibility index (Phi) is 3.80. The number of hydrogen-bond donors (Lipinski definition) is 0. The van der Waals surface area contributed by atoms with Crippen molar-refractivity contribution in [3.63, 3.8) is 0 Å². The van der Waals surface area contributed by atoms with Gasteiger partial charge in [-0.25, -0.2) is 4.79 Å². The van der Waals surface area contributed by atoms with E-state index >= 15 is 0 Å². The fourth-order valence-corrected chi connectivity index (χ4v) is 0.920. The zero-order valence-corrected chi connectivity index (χ0v) is 8.86. The molecule has 0 aliphatic carbocycles. The minimum atomic E-state index is -0.509. The van der Waals surface area contributed by atoms with E-state index in [1.165, 1.54) is 0 Å². The predicted octanol–water partition coefficient (Wildman–Crippen LogP) is 2.53. The second-order valence-electron chi connectivity index (χ2n) is 3.20. The molecule has 0 unspecified atom stereocenters. The average Bonchev–Trinajstić information content (AvgIpc) is 2.26. The third-order valence-electron chi connectivity index (χ3n) is 1.81. The van der Waals surface area contributed by atoms with E-state index in [0.29, 0.717) is 11.3 Å². The van der Waals surface area contributed by atoms with Crippen LogP contribution in [0, 0.1) is 0 Å². The molecule has 0 atom stereocenters. The maximum Gasteiger partial charge on any atom is 0.360 e. The number of rotatable bonds is 3. The first-order valence-corrected chi connectivity index (χ1v) is 4.58. The summed E-state index contributed by atoms with van der Waals surface area (Å²) in [6.07, 6.45) is 0. The van der Waals surface area contributed by atoms with Gasteiger partial charge in [-0.3, -0.25) is 0 Å². The molecule has 0 fully saturated rings. The fourth-order valence-electron chi connectivity index (χ4n) is 0.920. The van der Waals surface area contributed by atoms with Crippen molar-refractivity contribution in [1.82, 2.24) is 0 Å². The summed E-state index contributed by atoms with van der Waals surface area (Å²) in [5, 5.41) is 3.72. The Morgan fingerprint density at radius 3 is 2.40 bits per heavy atom. The Bertz CT molecular complexity index is 393. The number of carbonyl (C=O) groups excluding carboxylic acids is 1. The molecule has 1 aromatic carbocycles. The first-order chi connectivity index (χ1) is 7.11. The maximum atomic E-state index is 11.0. The minimum absolute atomic E-state index is 0.333. The molecule has 1 rings (SSSR count). The molecule has 0 aromatic heterocycles. The second kappa shape index (κ2) is 5.10. The van der Waals surface area contributed by atoms with E-state index < -0.39 is 5.97 Å². The number of hydrogen-bond acceptors (Lipinski definition) is 3. The molecule has 0 heterocycles. The van der Waals surface area contributed by atoms with Gasteiger partial charge in [0, 0.05) is 5.57 Å². The van der Waals surface area contributed by atoms with Gasteiger partial charge in [0.25, 0.3) is 0 Å². The Morgan fingerprint density at radius 2 is 1.87 bits per heavy atom. The van der Waals surface area contributed by atoms with Gasteiger partial charge in [-0.2, -0.15) is 0 Å². The highest BCUT2D eigenvalue weighted by Crippen LogP contribution is 2.02. The largest absolute Gasteiger partial charge is 0.360 e. The fraction of sp³-hybridized carbons (Fsp3) is 0.167. The molecule has 0 amide bonds. The summed E-state index contributed by atoms with van der Waals surface area (Å²) in [5.74, 6) is -0.509. The van der Waals surface area contributed by atoms with Gasteiger partial charge in [-0.15, -0.1) is 0 Å². The van der Waals surface area contributed by atoms with E-state index in [9.17, 15) is 4.79 Å².